The van der Waals surface area contributed by atoms with Crippen molar-refractivity contribution >= 4 is 9.84 Å². The van der Waals surface area contributed by atoms with Crippen molar-refractivity contribution in [1.29, 1.82) is 0 Å². The maximum absolute atomic E-state index is 12.1. The molecule has 2 aliphatic rings. The number of aryl methyl sites for hydroxylation is 1. The second-order valence-corrected chi connectivity index (χ2v) is 10.4. The van der Waals surface area contributed by atoms with E-state index in [1.807, 2.05) is 36.0 Å². The molecule has 0 radical (unpaired) electrons. The van der Waals surface area contributed by atoms with Crippen LogP contribution in [0.15, 0.2) is 30.3 Å². The molecule has 1 saturated heterocycles. The summed E-state index contributed by atoms with van der Waals surface area (Å²) in [5.74, 6) is 2.91. The third kappa shape index (κ3) is 3.62. The first-order valence-electron chi connectivity index (χ1n) is 10.3. The first-order valence-corrected chi connectivity index (χ1v) is 12.1. The monoisotopic (exact) mass is 427 g/mol. The van der Waals surface area contributed by atoms with Gasteiger partial charge in [0.25, 0.3) is 0 Å². The Bertz CT molecular complexity index is 1190. The molecule has 158 valence electrons. The van der Waals surface area contributed by atoms with Gasteiger partial charge in [0.1, 0.15) is 11.4 Å². The SMILES string of the molecule is COc1ccccc1Cc1nc(-c2cc(C3CC3)n(C)n2)n(C2CCS(=O)(=O)C2)n1. The Kier molecular flexibility index (Phi) is 4.65. The first kappa shape index (κ1) is 19.3. The number of nitrogens with zero attached hydrogens (tertiary/aromatic N) is 5. The van der Waals surface area contributed by atoms with E-state index in [-0.39, 0.29) is 17.5 Å². The van der Waals surface area contributed by atoms with Gasteiger partial charge in [-0.05, 0) is 31.4 Å². The summed E-state index contributed by atoms with van der Waals surface area (Å²) in [6.07, 6.45) is 3.43. The van der Waals surface area contributed by atoms with Crippen molar-refractivity contribution in [3.63, 3.8) is 0 Å². The fraction of sp³-hybridized carbons (Fsp3) is 0.476. The van der Waals surface area contributed by atoms with E-state index in [1.54, 1.807) is 11.8 Å². The number of para-hydroxylation sites is 1. The Hall–Kier alpha value is -2.68. The number of hydrogen-bond donors (Lipinski definition) is 0. The molecule has 5 rings (SSSR count). The van der Waals surface area contributed by atoms with Crippen LogP contribution in [-0.4, -0.2) is 51.6 Å². The Morgan fingerprint density at radius 3 is 2.67 bits per heavy atom. The Labute approximate surface area is 175 Å². The van der Waals surface area contributed by atoms with E-state index in [0.717, 1.165) is 17.0 Å². The minimum atomic E-state index is -3.04. The van der Waals surface area contributed by atoms with Gasteiger partial charge in [-0.15, -0.1) is 0 Å². The van der Waals surface area contributed by atoms with Crippen LogP contribution in [0, 0.1) is 0 Å². The van der Waals surface area contributed by atoms with Crippen LogP contribution >= 0.6 is 0 Å². The van der Waals surface area contributed by atoms with Crippen LogP contribution in [0.25, 0.3) is 11.5 Å². The molecule has 0 N–H and O–H groups in total. The number of rotatable bonds is 6. The van der Waals surface area contributed by atoms with Gasteiger partial charge in [-0.3, -0.25) is 4.68 Å². The molecular formula is C21H25N5O3S. The second kappa shape index (κ2) is 7.23. The van der Waals surface area contributed by atoms with Gasteiger partial charge >= 0.3 is 0 Å². The summed E-state index contributed by atoms with van der Waals surface area (Å²) < 4.78 is 33.4. The molecule has 1 atom stereocenters. The van der Waals surface area contributed by atoms with Gasteiger partial charge in [-0.2, -0.15) is 10.2 Å². The van der Waals surface area contributed by atoms with Crippen LogP contribution in [0.1, 0.15) is 48.3 Å². The Balaban J connectivity index is 1.55. The summed E-state index contributed by atoms with van der Waals surface area (Å²) in [6, 6.07) is 9.66. The van der Waals surface area contributed by atoms with Crippen molar-refractivity contribution in [2.75, 3.05) is 18.6 Å². The zero-order chi connectivity index (χ0) is 20.9. The summed E-state index contributed by atoms with van der Waals surface area (Å²) in [7, 11) is 0.554. The topological polar surface area (TPSA) is 91.9 Å². The lowest BCUT2D eigenvalue weighted by Crippen LogP contribution is -2.14. The van der Waals surface area contributed by atoms with Crippen LogP contribution in [0.3, 0.4) is 0 Å². The van der Waals surface area contributed by atoms with Crippen LogP contribution < -0.4 is 4.74 Å². The average molecular weight is 428 g/mol. The van der Waals surface area contributed by atoms with E-state index in [1.165, 1.54) is 18.5 Å². The van der Waals surface area contributed by atoms with E-state index < -0.39 is 9.84 Å². The average Bonchev–Trinajstić information content (AvgIpc) is 3.20. The second-order valence-electron chi connectivity index (χ2n) is 8.19. The number of hydrogen-bond acceptors (Lipinski definition) is 6. The lowest BCUT2D eigenvalue weighted by atomic mass is 10.1. The van der Waals surface area contributed by atoms with Crippen LogP contribution in [0.4, 0.5) is 0 Å². The molecule has 2 fully saturated rings. The van der Waals surface area contributed by atoms with Crippen LogP contribution in [-0.2, 0) is 23.3 Å². The van der Waals surface area contributed by atoms with E-state index in [2.05, 4.69) is 11.2 Å². The maximum atomic E-state index is 12.1. The molecule has 1 aliphatic heterocycles. The highest BCUT2D eigenvalue weighted by molar-refractivity contribution is 7.91. The van der Waals surface area contributed by atoms with Crippen molar-refractivity contribution < 1.29 is 13.2 Å². The molecule has 30 heavy (non-hydrogen) atoms. The van der Waals surface area contributed by atoms with Gasteiger partial charge in [-0.25, -0.2) is 18.1 Å². The number of ether oxygens (including phenoxy) is 1. The molecule has 9 heteroatoms. The minimum Gasteiger partial charge on any atom is -0.496 e. The lowest BCUT2D eigenvalue weighted by molar-refractivity contribution is 0.410. The smallest absolute Gasteiger partial charge is 0.179 e. The highest BCUT2D eigenvalue weighted by atomic mass is 32.2. The predicted octanol–water partition coefficient (Wildman–Crippen LogP) is 2.51. The molecule has 0 amide bonds. The zero-order valence-electron chi connectivity index (χ0n) is 17.2. The lowest BCUT2D eigenvalue weighted by Gasteiger charge is -2.10. The highest BCUT2D eigenvalue weighted by Crippen LogP contribution is 2.41. The normalized spacial score (nSPS) is 20.5. The third-order valence-electron chi connectivity index (χ3n) is 5.91. The van der Waals surface area contributed by atoms with E-state index in [9.17, 15) is 8.42 Å². The predicted molar refractivity (Wildman–Crippen MR) is 112 cm³/mol. The summed E-state index contributed by atoms with van der Waals surface area (Å²) in [5.41, 5.74) is 2.94. The largest absolute Gasteiger partial charge is 0.496 e. The fourth-order valence-electron chi connectivity index (χ4n) is 4.21. The summed E-state index contributed by atoms with van der Waals surface area (Å²) in [6.45, 7) is 0. The molecule has 8 nitrogen and oxygen atoms in total. The molecule has 0 bridgehead atoms. The first-order chi connectivity index (χ1) is 14.4. The molecule has 3 heterocycles. The maximum Gasteiger partial charge on any atom is 0.179 e. The van der Waals surface area contributed by atoms with Gasteiger partial charge < -0.3 is 4.74 Å². The Morgan fingerprint density at radius 1 is 1.17 bits per heavy atom. The quantitative estimate of drug-likeness (QED) is 0.600. The molecular weight excluding hydrogens is 402 g/mol. The molecule has 1 aliphatic carbocycles. The van der Waals surface area contributed by atoms with Gasteiger partial charge in [0, 0.05) is 30.6 Å². The number of sulfone groups is 1. The molecule has 1 saturated carbocycles. The summed E-state index contributed by atoms with van der Waals surface area (Å²) in [4.78, 5) is 4.80. The van der Waals surface area contributed by atoms with E-state index in [0.29, 0.717) is 30.4 Å². The Morgan fingerprint density at radius 2 is 1.97 bits per heavy atom. The third-order valence-corrected chi connectivity index (χ3v) is 7.66. The van der Waals surface area contributed by atoms with Gasteiger partial charge in [0.2, 0.25) is 0 Å². The summed E-state index contributed by atoms with van der Waals surface area (Å²) >= 11 is 0. The van der Waals surface area contributed by atoms with Crippen molar-refractivity contribution in [2.24, 2.45) is 7.05 Å². The van der Waals surface area contributed by atoms with E-state index >= 15 is 0 Å². The molecule has 0 spiro atoms. The fourth-order valence-corrected chi connectivity index (χ4v) is 5.90. The number of benzene rings is 1. The van der Waals surface area contributed by atoms with Crippen molar-refractivity contribution in [3.05, 3.63) is 47.4 Å². The summed E-state index contributed by atoms with van der Waals surface area (Å²) in [5, 5.41) is 9.42. The number of aromatic nitrogens is 5. The van der Waals surface area contributed by atoms with E-state index in [4.69, 9.17) is 14.8 Å². The van der Waals surface area contributed by atoms with Gasteiger partial charge in [0.15, 0.2) is 21.5 Å². The molecule has 1 aromatic carbocycles. The van der Waals surface area contributed by atoms with Crippen LogP contribution in [0.5, 0.6) is 5.75 Å². The van der Waals surface area contributed by atoms with Gasteiger partial charge in [-0.1, -0.05) is 18.2 Å². The molecule has 1 unspecified atom stereocenters. The van der Waals surface area contributed by atoms with Gasteiger partial charge in [0.05, 0.1) is 24.7 Å². The molecule has 2 aromatic heterocycles. The van der Waals surface area contributed by atoms with Crippen molar-refractivity contribution in [1.82, 2.24) is 24.5 Å². The zero-order valence-corrected chi connectivity index (χ0v) is 18.0. The van der Waals surface area contributed by atoms with Crippen molar-refractivity contribution in [2.45, 2.75) is 37.6 Å². The molecule has 3 aromatic rings. The minimum absolute atomic E-state index is 0.0970. The van der Waals surface area contributed by atoms with Crippen LogP contribution in [0.2, 0.25) is 0 Å². The van der Waals surface area contributed by atoms with Crippen molar-refractivity contribution in [3.8, 4) is 17.3 Å². The standard InChI is InChI=1S/C21H25N5O3S/c1-25-18(14-7-8-14)12-17(23-25)21-22-20(11-15-5-3-4-6-19(15)29-2)24-26(21)16-9-10-30(27,28)13-16/h3-6,12,14,16H,7-11,13H2,1-2H3. The number of methoxy groups -OCH3 is 1. The highest BCUT2D eigenvalue weighted by Gasteiger charge is 2.34.